The van der Waals surface area contributed by atoms with Gasteiger partial charge in [0, 0.05) is 18.0 Å². The van der Waals surface area contributed by atoms with Crippen molar-refractivity contribution >= 4 is 28.5 Å². The molecule has 1 amide bonds. The number of ether oxygens (including phenoxy) is 1. The highest BCUT2D eigenvalue weighted by Gasteiger charge is 2.20. The number of benzene rings is 2. The first-order valence-corrected chi connectivity index (χ1v) is 8.48. The second kappa shape index (κ2) is 7.44. The van der Waals surface area contributed by atoms with Crippen LogP contribution in [0.5, 0.6) is 0 Å². The number of hydrogen-bond acceptors (Lipinski definition) is 4. The van der Waals surface area contributed by atoms with Crippen LogP contribution in [0.2, 0.25) is 0 Å². The number of nitrogens with zero attached hydrogens (tertiary/aromatic N) is 1. The molecule has 26 heavy (non-hydrogen) atoms. The van der Waals surface area contributed by atoms with Crippen molar-refractivity contribution in [3.63, 3.8) is 0 Å². The van der Waals surface area contributed by atoms with Crippen LogP contribution in [0.25, 0.3) is 11.0 Å². The molecular formula is C21H21NO4. The van der Waals surface area contributed by atoms with Crippen molar-refractivity contribution in [2.24, 2.45) is 0 Å². The molecule has 2 aromatic carbocycles. The van der Waals surface area contributed by atoms with E-state index in [1.54, 1.807) is 37.6 Å². The fourth-order valence-corrected chi connectivity index (χ4v) is 2.95. The van der Waals surface area contributed by atoms with Crippen molar-refractivity contribution in [3.8, 4) is 0 Å². The van der Waals surface area contributed by atoms with E-state index in [0.29, 0.717) is 11.3 Å². The Morgan fingerprint density at radius 2 is 1.92 bits per heavy atom. The lowest BCUT2D eigenvalue weighted by Gasteiger charge is -2.19. The number of methoxy groups -OCH3 is 1. The third kappa shape index (κ3) is 3.33. The van der Waals surface area contributed by atoms with Crippen molar-refractivity contribution in [1.29, 1.82) is 0 Å². The summed E-state index contributed by atoms with van der Waals surface area (Å²) in [6, 6.07) is 12.9. The molecule has 0 aliphatic rings. The number of carbonyl (C=O) groups excluding carboxylic acids is 2. The Labute approximate surface area is 152 Å². The van der Waals surface area contributed by atoms with Gasteiger partial charge in [0.2, 0.25) is 5.91 Å². The lowest BCUT2D eigenvalue weighted by molar-refractivity contribution is -0.117. The van der Waals surface area contributed by atoms with E-state index in [0.717, 1.165) is 23.0 Å². The number of esters is 1. The molecule has 1 heterocycles. The van der Waals surface area contributed by atoms with Gasteiger partial charge in [0.25, 0.3) is 0 Å². The van der Waals surface area contributed by atoms with Crippen LogP contribution in [-0.4, -0.2) is 26.0 Å². The fourth-order valence-electron chi connectivity index (χ4n) is 2.95. The number of likely N-dealkylation sites (N-methyl/N-ethyl adjacent to an activating group) is 1. The second-order valence-electron chi connectivity index (χ2n) is 6.08. The first-order chi connectivity index (χ1) is 12.5. The molecule has 0 aliphatic heterocycles. The summed E-state index contributed by atoms with van der Waals surface area (Å²) in [6.07, 6.45) is 2.73. The lowest BCUT2D eigenvalue weighted by atomic mass is 10.1. The number of para-hydroxylation sites is 1. The molecule has 0 saturated heterocycles. The van der Waals surface area contributed by atoms with Crippen LogP contribution in [0.4, 0.5) is 5.69 Å². The van der Waals surface area contributed by atoms with Crippen LogP contribution in [0.15, 0.2) is 53.1 Å². The first-order valence-electron chi connectivity index (χ1n) is 8.48. The summed E-state index contributed by atoms with van der Waals surface area (Å²) in [5.41, 5.74) is 3.67. The fraction of sp³-hybridized carbons (Fsp3) is 0.238. The molecular weight excluding hydrogens is 330 g/mol. The zero-order valence-corrected chi connectivity index (χ0v) is 15.1. The van der Waals surface area contributed by atoms with E-state index in [4.69, 9.17) is 9.15 Å². The number of fused-ring (bicyclic) bond motifs is 1. The van der Waals surface area contributed by atoms with Crippen LogP contribution in [0.3, 0.4) is 0 Å². The van der Waals surface area contributed by atoms with Gasteiger partial charge in [-0.25, -0.2) is 4.79 Å². The van der Waals surface area contributed by atoms with Crippen molar-refractivity contribution in [2.75, 3.05) is 19.1 Å². The van der Waals surface area contributed by atoms with Gasteiger partial charge >= 0.3 is 5.97 Å². The van der Waals surface area contributed by atoms with Crippen LogP contribution in [-0.2, 0) is 22.4 Å². The summed E-state index contributed by atoms with van der Waals surface area (Å²) >= 11 is 0. The number of aryl methyl sites for hydroxylation is 1. The van der Waals surface area contributed by atoms with Crippen molar-refractivity contribution in [1.82, 2.24) is 0 Å². The Morgan fingerprint density at radius 1 is 1.15 bits per heavy atom. The number of furan rings is 1. The Bertz CT molecular complexity index is 958. The molecule has 0 spiro atoms. The maximum absolute atomic E-state index is 12.8. The highest BCUT2D eigenvalue weighted by atomic mass is 16.5. The standard InChI is InChI=1S/C21H21NO4/c1-4-14-9-10-19-17(11-14)15(13-26-19)12-20(23)22(2)18-8-6-5-7-16(18)21(24)25-3/h5-11,13H,4,12H2,1-3H3. The van der Waals surface area contributed by atoms with Gasteiger partial charge in [0.15, 0.2) is 0 Å². The summed E-state index contributed by atoms with van der Waals surface area (Å²) in [4.78, 5) is 26.2. The SMILES string of the molecule is CCc1ccc2occ(CC(=O)N(C)c3ccccc3C(=O)OC)c2c1. The summed E-state index contributed by atoms with van der Waals surface area (Å²) in [7, 11) is 2.98. The molecule has 5 heteroatoms. The third-order valence-electron chi connectivity index (χ3n) is 4.51. The van der Waals surface area contributed by atoms with Gasteiger partial charge in [-0.1, -0.05) is 25.1 Å². The van der Waals surface area contributed by atoms with Crippen molar-refractivity contribution in [2.45, 2.75) is 19.8 Å². The molecule has 5 nitrogen and oxygen atoms in total. The van der Waals surface area contributed by atoms with Gasteiger partial charge in [-0.15, -0.1) is 0 Å². The van der Waals surface area contributed by atoms with Crippen LogP contribution >= 0.6 is 0 Å². The summed E-state index contributed by atoms with van der Waals surface area (Å²) in [5.74, 6) is -0.604. The lowest BCUT2D eigenvalue weighted by Crippen LogP contribution is -2.29. The van der Waals surface area contributed by atoms with Gasteiger partial charge in [0.05, 0.1) is 31.0 Å². The molecule has 0 bridgehead atoms. The number of amides is 1. The van der Waals surface area contributed by atoms with E-state index in [1.807, 2.05) is 12.1 Å². The average molecular weight is 351 g/mol. The number of hydrogen-bond donors (Lipinski definition) is 0. The highest BCUT2D eigenvalue weighted by molar-refractivity contribution is 6.03. The van der Waals surface area contributed by atoms with Crippen molar-refractivity contribution < 1.29 is 18.7 Å². The average Bonchev–Trinajstić information content (AvgIpc) is 3.08. The monoisotopic (exact) mass is 351 g/mol. The molecule has 134 valence electrons. The number of anilines is 1. The van der Waals surface area contributed by atoms with E-state index in [9.17, 15) is 9.59 Å². The van der Waals surface area contributed by atoms with Gasteiger partial charge in [-0.3, -0.25) is 4.79 Å². The van der Waals surface area contributed by atoms with E-state index >= 15 is 0 Å². The Balaban J connectivity index is 1.88. The topological polar surface area (TPSA) is 59.8 Å². The minimum atomic E-state index is -0.471. The molecule has 0 aliphatic carbocycles. The summed E-state index contributed by atoms with van der Waals surface area (Å²) in [6.45, 7) is 2.09. The Hall–Kier alpha value is -3.08. The van der Waals surface area contributed by atoms with Gasteiger partial charge in [-0.05, 0) is 36.2 Å². The summed E-state index contributed by atoms with van der Waals surface area (Å²) in [5, 5.41) is 0.951. The predicted octanol–water partition coefficient (Wildman–Crippen LogP) is 3.99. The number of rotatable bonds is 5. The highest BCUT2D eigenvalue weighted by Crippen LogP contribution is 2.25. The van der Waals surface area contributed by atoms with Gasteiger partial charge in [-0.2, -0.15) is 0 Å². The van der Waals surface area contributed by atoms with Crippen molar-refractivity contribution in [3.05, 3.63) is 65.4 Å². The quantitative estimate of drug-likeness (QED) is 0.652. The molecule has 0 fully saturated rings. The van der Waals surface area contributed by atoms with Gasteiger partial charge < -0.3 is 14.1 Å². The first kappa shape index (κ1) is 17.7. The molecule has 0 radical (unpaired) electrons. The van der Waals surface area contributed by atoms with E-state index in [2.05, 4.69) is 13.0 Å². The smallest absolute Gasteiger partial charge is 0.339 e. The molecule has 1 aromatic heterocycles. The van der Waals surface area contributed by atoms with E-state index in [1.165, 1.54) is 17.6 Å². The largest absolute Gasteiger partial charge is 0.465 e. The summed E-state index contributed by atoms with van der Waals surface area (Å²) < 4.78 is 10.4. The maximum atomic E-state index is 12.8. The van der Waals surface area contributed by atoms with E-state index in [-0.39, 0.29) is 12.3 Å². The normalized spacial score (nSPS) is 10.7. The maximum Gasteiger partial charge on any atom is 0.339 e. The Morgan fingerprint density at radius 3 is 2.65 bits per heavy atom. The molecule has 0 unspecified atom stereocenters. The minimum absolute atomic E-state index is 0.133. The predicted molar refractivity (Wildman–Crippen MR) is 100 cm³/mol. The van der Waals surface area contributed by atoms with Crippen LogP contribution in [0.1, 0.15) is 28.4 Å². The zero-order chi connectivity index (χ0) is 18.7. The van der Waals surface area contributed by atoms with Crippen LogP contribution in [0, 0.1) is 0 Å². The third-order valence-corrected chi connectivity index (χ3v) is 4.51. The molecule has 3 aromatic rings. The zero-order valence-electron chi connectivity index (χ0n) is 15.1. The molecule has 3 rings (SSSR count). The molecule has 0 saturated carbocycles. The second-order valence-corrected chi connectivity index (χ2v) is 6.08. The van der Waals surface area contributed by atoms with Gasteiger partial charge in [0.1, 0.15) is 5.58 Å². The Kier molecular flexibility index (Phi) is 5.07. The van der Waals surface area contributed by atoms with Crippen LogP contribution < -0.4 is 4.90 Å². The minimum Gasteiger partial charge on any atom is -0.465 e. The van der Waals surface area contributed by atoms with E-state index < -0.39 is 5.97 Å². The molecule has 0 N–H and O–H groups in total. The molecule has 0 atom stereocenters. The number of carbonyl (C=O) groups is 2.